The molecule has 0 N–H and O–H groups in total. The Morgan fingerprint density at radius 1 is 0.604 bits per heavy atom. The van der Waals surface area contributed by atoms with E-state index >= 15 is 17.6 Å². The fraction of sp³-hybridized carbons (Fsp3) is 0.0952. The number of nitrogens with zero attached hydrogens (tertiary/aromatic N) is 2. The van der Waals surface area contributed by atoms with Crippen LogP contribution in [0.25, 0.3) is 33.2 Å². The second-order valence-corrected chi connectivity index (χ2v) is 18.6. The average Bonchev–Trinajstić information content (AvgIpc) is 4.00. The predicted molar refractivity (Wildman–Crippen MR) is 192 cm³/mol. The summed E-state index contributed by atoms with van der Waals surface area (Å²) in [6.45, 7) is 0. The molecule has 2 aromatic heterocycles. The minimum atomic E-state index is -5.38. The third kappa shape index (κ3) is 5.19. The molecule has 0 spiro atoms. The van der Waals surface area contributed by atoms with Crippen LogP contribution in [0.3, 0.4) is 0 Å². The van der Waals surface area contributed by atoms with Crippen LogP contribution in [0.15, 0.2) is 129 Å². The normalized spacial score (nSPS) is 13.9. The van der Waals surface area contributed by atoms with Crippen molar-refractivity contribution in [1.29, 1.82) is 0 Å². The molecule has 4 aromatic carbocycles. The topological polar surface area (TPSA) is 62.5 Å². The minimum absolute atomic E-state index is 0.0130. The van der Waals surface area contributed by atoms with E-state index in [1.165, 1.54) is 35.5 Å². The molecule has 0 amide bonds. The number of hydrogen-bond donors (Lipinski definition) is 0. The van der Waals surface area contributed by atoms with E-state index in [1.807, 2.05) is 0 Å². The number of ether oxygens (including phenoxy) is 2. The first-order chi connectivity index (χ1) is 25.7. The molecule has 0 radical (unpaired) electrons. The van der Waals surface area contributed by atoms with Crippen LogP contribution >= 0.6 is 0 Å². The molecule has 0 saturated heterocycles. The number of methoxy groups -OCH3 is 2. The third-order valence-electron chi connectivity index (χ3n) is 10.1. The van der Waals surface area contributed by atoms with Gasteiger partial charge in [-0.2, -0.15) is 0 Å². The van der Waals surface area contributed by atoms with Gasteiger partial charge in [0.1, 0.15) is 0 Å². The zero-order valence-electron chi connectivity index (χ0n) is 28.5. The van der Waals surface area contributed by atoms with Crippen LogP contribution < -0.4 is 7.74 Å². The summed E-state index contributed by atoms with van der Waals surface area (Å²) in [5.41, 5.74) is 0.497. The molecule has 6 aromatic rings. The Bertz CT molecular complexity index is 2470. The van der Waals surface area contributed by atoms with Gasteiger partial charge in [-0.15, -0.1) is 0 Å². The van der Waals surface area contributed by atoms with Crippen LogP contribution in [0.2, 0.25) is 0 Å². The Morgan fingerprint density at radius 3 is 1.40 bits per heavy atom. The van der Waals surface area contributed by atoms with Crippen molar-refractivity contribution >= 4 is 41.5 Å². The van der Waals surface area contributed by atoms with Gasteiger partial charge in [-0.25, -0.2) is 0 Å². The van der Waals surface area contributed by atoms with E-state index in [1.54, 1.807) is 97.1 Å². The number of fused-ring (bicyclic) bond motifs is 2. The zero-order valence-corrected chi connectivity index (χ0v) is 30.1. The molecule has 264 valence electrons. The van der Waals surface area contributed by atoms with Gasteiger partial charge in [-0.05, 0) is 0 Å². The average molecular weight is 751 g/mol. The van der Waals surface area contributed by atoms with E-state index in [4.69, 9.17) is 9.47 Å². The van der Waals surface area contributed by atoms with Gasteiger partial charge >= 0.3 is 306 Å². The standard InChI is InChI=1S/2C16H10F2NO2.2C5H5.Ti/c2*1-21-16(20)15-8-10-4-2-3-5-13(10)19(15)14-7-6-11(17)9-12(14)18;2*1-2-4-5-3-1;/h2*2-8H,1H3;2*1-3H,4H2;. The number of benzene rings is 4. The van der Waals surface area contributed by atoms with Gasteiger partial charge in [0.2, 0.25) is 0 Å². The van der Waals surface area contributed by atoms with Gasteiger partial charge in [-0.3, -0.25) is 0 Å². The molecule has 2 heterocycles. The van der Waals surface area contributed by atoms with Crippen molar-refractivity contribution in [1.82, 2.24) is 9.13 Å². The molecule has 11 heteroatoms. The molecule has 0 atom stereocenters. The van der Waals surface area contributed by atoms with Crippen LogP contribution in [0, 0.1) is 23.3 Å². The summed E-state index contributed by atoms with van der Waals surface area (Å²) in [7, 11) is 2.41. The molecule has 2 aliphatic rings. The van der Waals surface area contributed by atoms with Crippen LogP contribution in [0.4, 0.5) is 17.6 Å². The van der Waals surface area contributed by atoms with Crippen molar-refractivity contribution < 1.29 is 53.2 Å². The molecule has 0 fully saturated rings. The number of carbonyl (C=O) groups is 2. The molecule has 0 saturated carbocycles. The van der Waals surface area contributed by atoms with Crippen molar-refractivity contribution in [3.05, 3.63) is 164 Å². The summed E-state index contributed by atoms with van der Waals surface area (Å²) in [5, 5.41) is 1.20. The van der Waals surface area contributed by atoms with Crippen molar-refractivity contribution in [2.24, 2.45) is 0 Å². The zero-order chi connectivity index (χ0) is 37.0. The molecule has 53 heavy (non-hydrogen) atoms. The second-order valence-electron chi connectivity index (χ2n) is 12.7. The SMILES string of the molecule is COC(=O)c1cc2ccccc2n1-c1ccc(F)[c]([Ti]([C]2=CC=CC2)([C]2=CC=CC2)[c]2c(F)ccc(-n3c(C(=O)OC)cc4ccccc43)c2F)c1F. The molecule has 0 aliphatic heterocycles. The predicted octanol–water partition coefficient (Wildman–Crippen LogP) is 8.50. The first kappa shape index (κ1) is 34.4. The first-order valence-electron chi connectivity index (χ1n) is 16.8. The summed E-state index contributed by atoms with van der Waals surface area (Å²) < 4.78 is 82.7. The van der Waals surface area contributed by atoms with Gasteiger partial charge in [0.15, 0.2) is 0 Å². The maximum absolute atomic E-state index is 17.9. The summed E-state index contributed by atoms with van der Waals surface area (Å²) in [5.74, 6) is -5.57. The van der Waals surface area contributed by atoms with E-state index in [0.717, 1.165) is 12.1 Å². The monoisotopic (exact) mass is 750 g/mol. The van der Waals surface area contributed by atoms with E-state index < -0.39 is 59.5 Å². The van der Waals surface area contributed by atoms with Crippen LogP contribution in [0.1, 0.15) is 33.8 Å². The van der Waals surface area contributed by atoms with Crippen molar-refractivity contribution in [2.75, 3.05) is 14.2 Å². The molecule has 6 nitrogen and oxygen atoms in total. The van der Waals surface area contributed by atoms with Gasteiger partial charge in [0, 0.05) is 0 Å². The summed E-state index contributed by atoms with van der Waals surface area (Å²) in [4.78, 5) is 26.2. The number of halogens is 4. The Balaban J connectivity index is 1.50. The van der Waals surface area contributed by atoms with Gasteiger partial charge in [0.25, 0.3) is 0 Å². The van der Waals surface area contributed by atoms with Crippen molar-refractivity contribution in [2.45, 2.75) is 12.8 Å². The summed E-state index contributed by atoms with van der Waals surface area (Å²) >= 11 is -5.38. The van der Waals surface area contributed by atoms with Crippen molar-refractivity contribution in [3.63, 3.8) is 0 Å². The number of carbonyl (C=O) groups excluding carboxylic acids is 2. The number of hydrogen-bond acceptors (Lipinski definition) is 4. The number of allylic oxidation sites excluding steroid dienone is 8. The third-order valence-corrected chi connectivity index (χ3v) is 18.0. The first-order valence-corrected chi connectivity index (χ1v) is 19.9. The number of rotatable bonds is 8. The summed E-state index contributed by atoms with van der Waals surface area (Å²) in [6, 6.07) is 21.6. The van der Waals surface area contributed by atoms with E-state index in [9.17, 15) is 9.59 Å². The molecule has 0 unspecified atom stereocenters. The quantitative estimate of drug-likeness (QED) is 0.0890. The fourth-order valence-electron chi connectivity index (χ4n) is 7.88. The Hall–Kier alpha value is -5.71. The van der Waals surface area contributed by atoms with E-state index in [-0.39, 0.29) is 35.6 Å². The van der Waals surface area contributed by atoms with Crippen LogP contribution in [0.5, 0.6) is 0 Å². The Kier molecular flexibility index (Phi) is 8.67. The van der Waals surface area contributed by atoms with E-state index in [2.05, 4.69) is 0 Å². The Morgan fingerprint density at radius 2 is 1.02 bits per heavy atom. The number of esters is 2. The second kappa shape index (κ2) is 13.4. The Labute approximate surface area is 304 Å². The molecular formula is C42H30F4N2O4Ti. The van der Waals surface area contributed by atoms with Crippen molar-refractivity contribution in [3.8, 4) is 11.4 Å². The fourth-order valence-corrected chi connectivity index (χ4v) is 16.1. The van der Waals surface area contributed by atoms with Gasteiger partial charge in [-0.1, -0.05) is 0 Å². The number of para-hydroxylation sites is 2. The molecule has 2 aliphatic carbocycles. The maximum atomic E-state index is 17.9. The molecule has 8 rings (SSSR count). The van der Waals surface area contributed by atoms with Gasteiger partial charge < -0.3 is 0 Å². The summed E-state index contributed by atoms with van der Waals surface area (Å²) in [6.07, 6.45) is 10.8. The molecule has 0 bridgehead atoms. The van der Waals surface area contributed by atoms with Crippen LogP contribution in [-0.2, 0) is 26.1 Å². The van der Waals surface area contributed by atoms with Gasteiger partial charge in [0.05, 0.1) is 0 Å². The van der Waals surface area contributed by atoms with Crippen LogP contribution in [-0.4, -0.2) is 35.3 Å². The molecular weight excluding hydrogens is 720 g/mol. The van der Waals surface area contributed by atoms with E-state index in [0.29, 0.717) is 29.6 Å². The number of aromatic nitrogens is 2.